The summed E-state index contributed by atoms with van der Waals surface area (Å²) in [5.74, 6) is 2.32. The number of likely N-dealkylation sites (tertiary alicyclic amines) is 2. The Hall–Kier alpha value is -3.34. The number of nitro groups is 1. The first kappa shape index (κ1) is 27.2. The van der Waals surface area contributed by atoms with Gasteiger partial charge in [-0.3, -0.25) is 14.8 Å². The van der Waals surface area contributed by atoms with Crippen LogP contribution in [0.2, 0.25) is 0 Å². The van der Waals surface area contributed by atoms with Gasteiger partial charge in [-0.2, -0.15) is 5.10 Å². The van der Waals surface area contributed by atoms with Crippen molar-refractivity contribution in [2.24, 2.45) is 24.8 Å². The highest BCUT2D eigenvalue weighted by Crippen LogP contribution is 2.42. The lowest BCUT2D eigenvalue weighted by Gasteiger charge is -2.42. The summed E-state index contributed by atoms with van der Waals surface area (Å²) in [6, 6.07) is 3.44. The number of anilines is 1. The minimum Gasteiger partial charge on any atom is -0.490 e. The maximum absolute atomic E-state index is 11.7. The molecule has 0 radical (unpaired) electrons. The van der Waals surface area contributed by atoms with Crippen molar-refractivity contribution in [3.05, 3.63) is 34.6 Å². The summed E-state index contributed by atoms with van der Waals surface area (Å²) in [6.45, 7) is 6.53. The van der Waals surface area contributed by atoms with Gasteiger partial charge in [-0.05, 0) is 69.4 Å². The van der Waals surface area contributed by atoms with Crippen LogP contribution in [0.15, 0.2) is 24.5 Å². The van der Waals surface area contributed by atoms with Gasteiger partial charge in [-0.15, -0.1) is 0 Å². The molecule has 0 atom stereocenters. The lowest BCUT2D eigenvalue weighted by Crippen LogP contribution is -2.44. The summed E-state index contributed by atoms with van der Waals surface area (Å²) < 4.78 is 7.12. The van der Waals surface area contributed by atoms with Crippen LogP contribution in [0.1, 0.15) is 38.5 Å². The van der Waals surface area contributed by atoms with Crippen LogP contribution in [0.5, 0.6) is 5.75 Å². The Kier molecular flexibility index (Phi) is 8.25. The van der Waals surface area contributed by atoms with Gasteiger partial charge in [0.1, 0.15) is 0 Å². The summed E-state index contributed by atoms with van der Waals surface area (Å²) >= 11 is 0. The van der Waals surface area contributed by atoms with Gasteiger partial charge in [-0.1, -0.05) is 0 Å². The van der Waals surface area contributed by atoms with E-state index in [-0.39, 0.29) is 16.4 Å². The first-order valence-corrected chi connectivity index (χ1v) is 14.1. The highest BCUT2D eigenvalue weighted by atomic mass is 16.6. The molecule has 1 aromatic heterocycles. The molecule has 5 rings (SSSR count). The second-order valence-electron chi connectivity index (χ2n) is 11.4. The zero-order valence-corrected chi connectivity index (χ0v) is 23.0. The summed E-state index contributed by atoms with van der Waals surface area (Å²) in [4.78, 5) is 29.0. The van der Waals surface area contributed by atoms with Crippen molar-refractivity contribution in [3.63, 3.8) is 0 Å². The van der Waals surface area contributed by atoms with E-state index in [0.29, 0.717) is 24.9 Å². The topological polar surface area (TPSA) is 117 Å². The third-order valence-corrected chi connectivity index (χ3v) is 9.09. The number of nitro benzene ring substituents is 1. The number of nitrogens with zero attached hydrogens (tertiary/aromatic N) is 6. The van der Waals surface area contributed by atoms with E-state index in [1.54, 1.807) is 21.8 Å². The lowest BCUT2D eigenvalue weighted by molar-refractivity contribution is -0.385. The molecule has 3 aliphatic rings. The first-order chi connectivity index (χ1) is 18.8. The molecule has 0 unspecified atom stereocenters. The molecular weight excluding hydrogens is 500 g/mol. The van der Waals surface area contributed by atoms with Crippen molar-refractivity contribution < 1.29 is 19.6 Å². The normalized spacial score (nSPS) is 20.4. The number of amides is 1. The van der Waals surface area contributed by atoms with Gasteiger partial charge in [-0.25, -0.2) is 4.79 Å². The van der Waals surface area contributed by atoms with E-state index in [4.69, 9.17) is 4.74 Å². The van der Waals surface area contributed by atoms with Crippen LogP contribution in [0.25, 0.3) is 11.1 Å². The summed E-state index contributed by atoms with van der Waals surface area (Å²) in [5.41, 5.74) is 2.61. The smallest absolute Gasteiger partial charge is 0.407 e. The maximum Gasteiger partial charge on any atom is 0.407 e. The van der Waals surface area contributed by atoms with Crippen LogP contribution in [-0.2, 0) is 7.05 Å². The van der Waals surface area contributed by atoms with Crippen LogP contribution < -0.4 is 9.64 Å². The minimum atomic E-state index is -0.790. The molecule has 0 aliphatic carbocycles. The van der Waals surface area contributed by atoms with Crippen LogP contribution in [-0.4, -0.2) is 88.6 Å². The number of carboxylic acid groups (broad SMARTS) is 1. The number of ether oxygens (including phenoxy) is 1. The van der Waals surface area contributed by atoms with E-state index >= 15 is 0 Å². The monoisotopic (exact) mass is 540 g/mol. The number of carbonyl (C=O) groups is 1. The van der Waals surface area contributed by atoms with Crippen LogP contribution in [0.4, 0.5) is 16.2 Å². The highest BCUT2D eigenvalue weighted by molar-refractivity contribution is 5.82. The molecule has 11 heteroatoms. The number of rotatable bonds is 7. The maximum atomic E-state index is 11.7. The largest absolute Gasteiger partial charge is 0.490 e. The van der Waals surface area contributed by atoms with E-state index in [1.807, 2.05) is 19.3 Å². The summed E-state index contributed by atoms with van der Waals surface area (Å²) in [7, 11) is 3.33. The predicted octanol–water partition coefficient (Wildman–Crippen LogP) is 4.32. The molecule has 4 heterocycles. The number of methoxy groups -OCH3 is 1. The van der Waals surface area contributed by atoms with Gasteiger partial charge in [0, 0.05) is 74.9 Å². The second kappa shape index (κ2) is 11.8. The Labute approximate surface area is 229 Å². The minimum absolute atomic E-state index is 0.0332. The Morgan fingerprint density at radius 2 is 1.69 bits per heavy atom. The van der Waals surface area contributed by atoms with Gasteiger partial charge in [0.25, 0.3) is 0 Å². The quantitative estimate of drug-likeness (QED) is 0.408. The highest BCUT2D eigenvalue weighted by Gasteiger charge is 2.32. The summed E-state index contributed by atoms with van der Waals surface area (Å²) in [5, 5.41) is 25.2. The van der Waals surface area contributed by atoms with Crippen molar-refractivity contribution in [1.82, 2.24) is 19.6 Å². The van der Waals surface area contributed by atoms with Crippen molar-refractivity contribution in [3.8, 4) is 16.9 Å². The fourth-order valence-electron chi connectivity index (χ4n) is 6.81. The SMILES string of the molecule is COc1cc(N2CCC(C3CCN(CC4CCN(C(=O)O)CC4)CC3)CC2)c(-c2cnn(C)c2)cc1[N+](=O)[O-]. The van der Waals surface area contributed by atoms with E-state index in [0.717, 1.165) is 81.1 Å². The third-order valence-electron chi connectivity index (χ3n) is 9.09. The Morgan fingerprint density at radius 1 is 1.05 bits per heavy atom. The van der Waals surface area contributed by atoms with E-state index in [2.05, 4.69) is 14.9 Å². The second-order valence-corrected chi connectivity index (χ2v) is 11.4. The van der Waals surface area contributed by atoms with E-state index in [1.165, 1.54) is 20.0 Å². The number of benzene rings is 1. The molecular formula is C28H40N6O5. The number of aryl methyl sites for hydroxylation is 1. The molecule has 39 heavy (non-hydrogen) atoms. The van der Waals surface area contributed by atoms with Crippen molar-refractivity contribution in [2.45, 2.75) is 38.5 Å². The van der Waals surface area contributed by atoms with Gasteiger partial charge < -0.3 is 24.5 Å². The zero-order chi connectivity index (χ0) is 27.5. The standard InChI is InChI=1S/C28H40N6O5/c1-30-19-23(17-29-30)24-15-26(34(37)38)27(39-2)16-25(24)32-13-7-22(8-14-32)21-5-9-31(10-6-21)18-20-3-11-33(12-4-20)28(35)36/h15-17,19-22H,3-14,18H2,1-2H3,(H,35,36). The molecule has 1 aromatic carbocycles. The van der Waals surface area contributed by atoms with Crippen LogP contribution in [0, 0.1) is 27.9 Å². The van der Waals surface area contributed by atoms with Gasteiger partial charge >= 0.3 is 11.8 Å². The number of hydrogen-bond donors (Lipinski definition) is 1. The van der Waals surface area contributed by atoms with Crippen molar-refractivity contribution in [1.29, 1.82) is 0 Å². The van der Waals surface area contributed by atoms with Crippen LogP contribution in [0.3, 0.4) is 0 Å². The average Bonchev–Trinajstić information content (AvgIpc) is 3.39. The van der Waals surface area contributed by atoms with Crippen LogP contribution >= 0.6 is 0 Å². The molecule has 0 spiro atoms. The zero-order valence-electron chi connectivity index (χ0n) is 23.0. The summed E-state index contributed by atoms with van der Waals surface area (Å²) in [6.07, 6.45) is 9.49. The Bertz CT molecular complexity index is 1160. The number of piperidine rings is 3. The lowest BCUT2D eigenvalue weighted by atomic mass is 9.78. The molecule has 2 aromatic rings. The predicted molar refractivity (Wildman–Crippen MR) is 148 cm³/mol. The van der Waals surface area contributed by atoms with Gasteiger partial charge in [0.05, 0.1) is 18.2 Å². The fraction of sp³-hybridized carbons (Fsp3) is 0.643. The molecule has 212 valence electrons. The molecule has 3 aliphatic heterocycles. The average molecular weight is 541 g/mol. The van der Waals surface area contributed by atoms with Gasteiger partial charge in [0.15, 0.2) is 5.75 Å². The van der Waals surface area contributed by atoms with Crippen molar-refractivity contribution in [2.75, 3.05) is 57.8 Å². The molecule has 0 saturated carbocycles. The van der Waals surface area contributed by atoms with E-state index in [9.17, 15) is 20.0 Å². The number of hydrogen-bond acceptors (Lipinski definition) is 7. The Morgan fingerprint density at radius 3 is 2.23 bits per heavy atom. The van der Waals surface area contributed by atoms with E-state index < -0.39 is 6.09 Å². The van der Waals surface area contributed by atoms with Crippen molar-refractivity contribution >= 4 is 17.5 Å². The molecule has 11 nitrogen and oxygen atoms in total. The molecule has 3 fully saturated rings. The Balaban J connectivity index is 1.18. The fourth-order valence-corrected chi connectivity index (χ4v) is 6.81. The molecule has 3 saturated heterocycles. The molecule has 0 bridgehead atoms. The van der Waals surface area contributed by atoms with Gasteiger partial charge in [0.2, 0.25) is 0 Å². The molecule has 1 amide bonds. The molecule has 1 N–H and O–H groups in total. The first-order valence-electron chi connectivity index (χ1n) is 14.1. The third kappa shape index (κ3) is 6.13. The number of aromatic nitrogens is 2.